The highest BCUT2D eigenvalue weighted by Gasteiger charge is 2.23. The molecule has 60 heavy (non-hydrogen) atoms. The Kier molecular flexibility index (Phi) is 16.2. The molecule has 0 spiro atoms. The average Bonchev–Trinajstić information content (AvgIpc) is 3.21. The van der Waals surface area contributed by atoms with Gasteiger partial charge in [-0.1, -0.05) is 18.2 Å². The first-order valence-corrected chi connectivity index (χ1v) is 18.4. The van der Waals surface area contributed by atoms with Gasteiger partial charge < -0.3 is 60.2 Å². The second kappa shape index (κ2) is 21.2. The Balaban J connectivity index is 1.44. The van der Waals surface area contributed by atoms with E-state index in [1.165, 1.54) is 54.6 Å². The molecule has 324 valence electrons. The number of phenols is 6. The first-order chi connectivity index (χ1) is 28.4. The number of aliphatic hydroxyl groups excluding tert-OH is 3. The molecular weight excluding hydrogens is 798 g/mol. The van der Waals surface area contributed by atoms with E-state index in [4.69, 9.17) is 14.2 Å². The van der Waals surface area contributed by atoms with Gasteiger partial charge in [0.1, 0.15) is 38.1 Å². The number of phenolic OH excluding ortho intramolecular Hbond substituents is 6. The van der Waals surface area contributed by atoms with Crippen molar-refractivity contribution in [2.24, 2.45) is 0 Å². The summed E-state index contributed by atoms with van der Waals surface area (Å²) >= 11 is 0. The number of aryl methyl sites for hydroxylation is 3. The van der Waals surface area contributed by atoms with Crippen LogP contribution in [0.1, 0.15) is 36.0 Å². The molecule has 0 radical (unpaired) electrons. The molecule has 3 atom stereocenters. The third-order valence-corrected chi connectivity index (χ3v) is 8.85. The number of nitrogens with zero attached hydrogens (tertiary/aromatic N) is 3. The maximum absolute atomic E-state index is 13.5. The normalized spacial score (nSPS) is 12.7. The first-order valence-electron chi connectivity index (χ1n) is 18.4. The number of aromatic hydroxyl groups is 6. The summed E-state index contributed by atoms with van der Waals surface area (Å²) in [4.78, 5) is 77.6. The van der Waals surface area contributed by atoms with Crippen molar-refractivity contribution in [1.29, 1.82) is 0 Å². The zero-order valence-corrected chi connectivity index (χ0v) is 32.0. The van der Waals surface area contributed by atoms with Crippen LogP contribution in [0.2, 0.25) is 0 Å². The molecule has 1 heterocycles. The molecule has 21 heteroatoms. The van der Waals surface area contributed by atoms with Gasteiger partial charge in [-0.2, -0.15) is 0 Å². The van der Waals surface area contributed by atoms with Gasteiger partial charge in [-0.05, 0) is 72.4 Å². The Morgan fingerprint density at radius 2 is 0.683 bits per heavy atom. The summed E-state index contributed by atoms with van der Waals surface area (Å²) in [6.07, 6.45) is -5.55. The van der Waals surface area contributed by atoms with Crippen LogP contribution in [0, 0.1) is 0 Å². The van der Waals surface area contributed by atoms with E-state index in [2.05, 4.69) is 0 Å². The zero-order chi connectivity index (χ0) is 44.1. The molecule has 0 aliphatic rings. The van der Waals surface area contributed by atoms with Crippen LogP contribution in [0.25, 0.3) is 0 Å². The average molecular weight is 844 g/mol. The van der Waals surface area contributed by atoms with Gasteiger partial charge in [0, 0.05) is 19.3 Å². The largest absolute Gasteiger partial charge is 0.504 e. The highest BCUT2D eigenvalue weighted by atomic mass is 16.6. The second-order valence-corrected chi connectivity index (χ2v) is 13.7. The number of aromatic nitrogens is 3. The number of hydrogen-bond acceptors (Lipinski definition) is 18. The van der Waals surface area contributed by atoms with Crippen LogP contribution in [0.3, 0.4) is 0 Å². The van der Waals surface area contributed by atoms with Gasteiger partial charge in [0.2, 0.25) is 0 Å². The smallest absolute Gasteiger partial charge is 0.336 e. The molecule has 21 nitrogen and oxygen atoms in total. The predicted octanol–water partition coefficient (Wildman–Crippen LogP) is -0.984. The fourth-order valence-corrected chi connectivity index (χ4v) is 5.64. The minimum Gasteiger partial charge on any atom is -0.504 e. The molecule has 3 aromatic carbocycles. The van der Waals surface area contributed by atoms with Crippen molar-refractivity contribution in [3.8, 4) is 34.5 Å². The predicted molar refractivity (Wildman–Crippen MR) is 204 cm³/mol. The van der Waals surface area contributed by atoms with Crippen LogP contribution in [0.15, 0.2) is 69.0 Å². The van der Waals surface area contributed by atoms with Gasteiger partial charge >= 0.3 is 35.0 Å². The van der Waals surface area contributed by atoms with Gasteiger partial charge in [0.05, 0.1) is 19.6 Å². The number of aliphatic hydroxyl groups is 3. The molecule has 0 fully saturated rings. The molecule has 4 rings (SSSR count). The highest BCUT2D eigenvalue weighted by molar-refractivity contribution is 5.70. The molecule has 9 N–H and O–H groups in total. The molecule has 3 unspecified atom stereocenters. The lowest BCUT2D eigenvalue weighted by Crippen LogP contribution is -2.57. The van der Waals surface area contributed by atoms with Crippen molar-refractivity contribution in [3.05, 3.63) is 103 Å². The van der Waals surface area contributed by atoms with Crippen LogP contribution < -0.4 is 17.1 Å². The summed E-state index contributed by atoms with van der Waals surface area (Å²) in [5.74, 6) is -4.70. The topological polar surface area (TPSA) is 327 Å². The van der Waals surface area contributed by atoms with Crippen LogP contribution in [-0.2, 0) is 67.5 Å². The van der Waals surface area contributed by atoms with Crippen molar-refractivity contribution in [2.45, 2.75) is 76.5 Å². The molecule has 4 aromatic rings. The minimum atomic E-state index is -1.71. The van der Waals surface area contributed by atoms with E-state index in [9.17, 15) is 74.7 Å². The number of carbonyl (C=O) groups excluding carboxylic acids is 3. The lowest BCUT2D eigenvalue weighted by molar-refractivity contribution is -0.147. The van der Waals surface area contributed by atoms with Crippen LogP contribution >= 0.6 is 0 Å². The summed E-state index contributed by atoms with van der Waals surface area (Å²) in [6.45, 7) is -4.74. The van der Waals surface area contributed by atoms with E-state index in [0.29, 0.717) is 30.4 Å². The Bertz CT molecular complexity index is 2050. The monoisotopic (exact) mass is 843 g/mol. The number of rotatable bonds is 21. The number of benzene rings is 3. The van der Waals surface area contributed by atoms with Crippen molar-refractivity contribution < 1.29 is 74.6 Å². The van der Waals surface area contributed by atoms with Crippen LogP contribution in [-0.4, -0.2) is 116 Å². The lowest BCUT2D eigenvalue weighted by atomic mass is 10.1. The minimum absolute atomic E-state index is 0.0825. The summed E-state index contributed by atoms with van der Waals surface area (Å²) in [7, 11) is 0. The van der Waals surface area contributed by atoms with Crippen LogP contribution in [0.4, 0.5) is 0 Å². The maximum Gasteiger partial charge on any atom is 0.336 e. The third-order valence-electron chi connectivity index (χ3n) is 8.85. The highest BCUT2D eigenvalue weighted by Crippen LogP contribution is 2.27. The Hall–Kier alpha value is -6.84. The van der Waals surface area contributed by atoms with Gasteiger partial charge in [-0.15, -0.1) is 0 Å². The number of hydrogen-bond donors (Lipinski definition) is 9. The summed E-state index contributed by atoms with van der Waals surface area (Å²) in [5.41, 5.74) is -2.56. The molecule has 0 saturated carbocycles. The fraction of sp³-hybridized carbons (Fsp3) is 0.385. The van der Waals surface area contributed by atoms with E-state index < -0.39 is 110 Å². The van der Waals surface area contributed by atoms with Crippen molar-refractivity contribution in [3.63, 3.8) is 0 Å². The van der Waals surface area contributed by atoms with E-state index in [1.807, 2.05) is 0 Å². The zero-order valence-electron chi connectivity index (χ0n) is 32.0. The van der Waals surface area contributed by atoms with Gasteiger partial charge in [-0.25, -0.2) is 28.1 Å². The van der Waals surface area contributed by atoms with Crippen molar-refractivity contribution >= 4 is 17.9 Å². The SMILES string of the molecule is O=C(CCc1ccc(O)c(O)c1)OCC(O)Cn1c(=O)n(CC(O)COC(=O)CCc2ccc(O)c(O)c2)c(=O)n(CC(O)COC(=O)CCc2ccc(O)c(O)c2)c1=O. The van der Waals surface area contributed by atoms with E-state index in [0.717, 1.165) is 0 Å². The molecule has 1 aromatic heterocycles. The molecule has 0 amide bonds. The summed E-state index contributed by atoms with van der Waals surface area (Å²) in [6, 6.07) is 11.8. The van der Waals surface area contributed by atoms with Crippen LogP contribution in [0.5, 0.6) is 34.5 Å². The van der Waals surface area contributed by atoms with E-state index >= 15 is 0 Å². The number of carbonyl (C=O) groups is 3. The summed E-state index contributed by atoms with van der Waals surface area (Å²) < 4.78 is 16.3. The molecule has 0 aliphatic carbocycles. The quantitative estimate of drug-likeness (QED) is 0.0276. The summed E-state index contributed by atoms with van der Waals surface area (Å²) in [5, 5.41) is 89.4. The van der Waals surface area contributed by atoms with Gasteiger partial charge in [-0.3, -0.25) is 14.4 Å². The Labute approximate surface area is 339 Å². The van der Waals surface area contributed by atoms with Gasteiger partial charge in [0.15, 0.2) is 34.5 Å². The Morgan fingerprint density at radius 1 is 0.433 bits per heavy atom. The van der Waals surface area contributed by atoms with E-state index in [1.54, 1.807) is 0 Å². The maximum atomic E-state index is 13.5. The number of ether oxygens (including phenoxy) is 3. The fourth-order valence-electron chi connectivity index (χ4n) is 5.64. The van der Waals surface area contributed by atoms with E-state index in [-0.39, 0.29) is 55.8 Å². The second-order valence-electron chi connectivity index (χ2n) is 13.7. The molecule has 0 bridgehead atoms. The van der Waals surface area contributed by atoms with Crippen molar-refractivity contribution in [2.75, 3.05) is 19.8 Å². The standard InChI is InChI=1S/C39H45N3O18/c43-25(19-58-34(52)10-4-22-1-7-28(46)31(49)13-22)16-40-37(55)41(17-26(44)20-59-35(53)11-5-23-2-8-29(47)32(50)14-23)39(57)42(38(40)56)18-27(45)21-60-36(54)12-6-24-3-9-30(48)33(51)15-24/h1-3,7-9,13-15,25-27,43-51H,4-6,10-12,16-21H2. The molecular formula is C39H45N3O18. The third kappa shape index (κ3) is 13.4. The van der Waals surface area contributed by atoms with Gasteiger partial charge in [0.25, 0.3) is 0 Å². The number of esters is 3. The lowest BCUT2D eigenvalue weighted by Gasteiger charge is -2.19. The Morgan fingerprint density at radius 3 is 0.917 bits per heavy atom. The molecule has 0 aliphatic heterocycles. The van der Waals surface area contributed by atoms with Crippen molar-refractivity contribution in [1.82, 2.24) is 13.7 Å². The molecule has 0 saturated heterocycles. The first kappa shape index (κ1) is 45.9.